The van der Waals surface area contributed by atoms with E-state index in [0.717, 1.165) is 5.56 Å². The summed E-state index contributed by atoms with van der Waals surface area (Å²) in [7, 11) is 1.84. The van der Waals surface area contributed by atoms with Crippen molar-refractivity contribution in [2.45, 2.75) is 18.8 Å². The normalized spacial score (nSPS) is 12.2. The smallest absolute Gasteiger partial charge is 0.254 e. The highest BCUT2D eigenvalue weighted by molar-refractivity contribution is 7.10. The van der Waals surface area contributed by atoms with E-state index in [1.807, 2.05) is 49.7 Å². The van der Waals surface area contributed by atoms with Gasteiger partial charge in [-0.3, -0.25) is 4.79 Å². The van der Waals surface area contributed by atoms with Crippen LogP contribution in [0.5, 0.6) is 0 Å². The lowest BCUT2D eigenvalue weighted by Gasteiger charge is -2.24. The third-order valence-electron chi connectivity index (χ3n) is 3.21. The zero-order chi connectivity index (χ0) is 13.8. The minimum Gasteiger partial charge on any atom is -0.334 e. The predicted molar refractivity (Wildman–Crippen MR) is 80.8 cm³/mol. The fraction of sp³-hybridized carbons (Fsp3) is 0.267. The molecule has 0 bridgehead atoms. The minimum absolute atomic E-state index is 0.0297. The van der Waals surface area contributed by atoms with E-state index in [0.29, 0.717) is 11.4 Å². The van der Waals surface area contributed by atoms with E-state index in [1.165, 1.54) is 4.88 Å². The van der Waals surface area contributed by atoms with Gasteiger partial charge < -0.3 is 4.90 Å². The maximum absolute atomic E-state index is 12.4. The summed E-state index contributed by atoms with van der Waals surface area (Å²) in [5.74, 6) is 0.498. The fourth-order valence-corrected chi connectivity index (χ4v) is 2.84. The van der Waals surface area contributed by atoms with Gasteiger partial charge in [-0.15, -0.1) is 22.9 Å². The van der Waals surface area contributed by atoms with Crippen LogP contribution in [0.1, 0.15) is 33.8 Å². The van der Waals surface area contributed by atoms with E-state index in [4.69, 9.17) is 11.6 Å². The molecule has 0 N–H and O–H groups in total. The standard InChI is InChI=1S/C15H16ClNOS/c1-11(14-4-3-9-19-14)17(2)15(18)13-7-5-12(10-16)6-8-13/h3-9,11H,10H2,1-2H3. The minimum atomic E-state index is 0.0297. The Morgan fingerprint density at radius 2 is 2.00 bits per heavy atom. The molecule has 1 atom stereocenters. The van der Waals surface area contributed by atoms with Gasteiger partial charge in [-0.25, -0.2) is 0 Å². The Kier molecular flexibility index (Phi) is 4.61. The van der Waals surface area contributed by atoms with Gasteiger partial charge in [0.2, 0.25) is 0 Å². The van der Waals surface area contributed by atoms with Crippen molar-refractivity contribution in [2.24, 2.45) is 0 Å². The number of amides is 1. The van der Waals surface area contributed by atoms with Crippen molar-refractivity contribution < 1.29 is 4.79 Å². The third-order valence-corrected chi connectivity index (χ3v) is 4.56. The van der Waals surface area contributed by atoms with Crippen LogP contribution in [0.4, 0.5) is 0 Å². The Hall–Kier alpha value is -1.32. The van der Waals surface area contributed by atoms with Crippen molar-refractivity contribution in [1.29, 1.82) is 0 Å². The van der Waals surface area contributed by atoms with Gasteiger partial charge in [-0.2, -0.15) is 0 Å². The molecular weight excluding hydrogens is 278 g/mol. The molecule has 1 unspecified atom stereocenters. The largest absolute Gasteiger partial charge is 0.334 e. The monoisotopic (exact) mass is 293 g/mol. The molecule has 1 aromatic carbocycles. The average molecular weight is 294 g/mol. The van der Waals surface area contributed by atoms with Crippen molar-refractivity contribution in [1.82, 2.24) is 4.90 Å². The molecule has 1 heterocycles. The highest BCUT2D eigenvalue weighted by atomic mass is 35.5. The summed E-state index contributed by atoms with van der Waals surface area (Å²) in [6.07, 6.45) is 0. The van der Waals surface area contributed by atoms with Crippen LogP contribution in [0.25, 0.3) is 0 Å². The first-order valence-electron chi connectivity index (χ1n) is 6.09. The Morgan fingerprint density at radius 1 is 1.32 bits per heavy atom. The van der Waals surface area contributed by atoms with Crippen LogP contribution >= 0.6 is 22.9 Å². The molecule has 100 valence electrons. The van der Waals surface area contributed by atoms with E-state index in [-0.39, 0.29) is 11.9 Å². The number of hydrogen-bond acceptors (Lipinski definition) is 2. The van der Waals surface area contributed by atoms with Gasteiger partial charge in [0.25, 0.3) is 5.91 Å². The molecule has 0 saturated carbocycles. The molecule has 0 aliphatic heterocycles. The van der Waals surface area contributed by atoms with Crippen LogP contribution in [0.3, 0.4) is 0 Å². The number of carbonyl (C=O) groups excluding carboxylic acids is 1. The van der Waals surface area contributed by atoms with E-state index >= 15 is 0 Å². The van der Waals surface area contributed by atoms with Crippen molar-refractivity contribution in [3.05, 3.63) is 57.8 Å². The first kappa shape index (κ1) is 14.1. The summed E-state index contributed by atoms with van der Waals surface area (Å²) < 4.78 is 0. The number of carbonyl (C=O) groups is 1. The molecule has 0 saturated heterocycles. The number of halogens is 1. The second-order valence-corrected chi connectivity index (χ2v) is 5.68. The number of nitrogens with zero attached hydrogens (tertiary/aromatic N) is 1. The lowest BCUT2D eigenvalue weighted by Crippen LogP contribution is -2.29. The van der Waals surface area contributed by atoms with E-state index < -0.39 is 0 Å². The van der Waals surface area contributed by atoms with Gasteiger partial charge in [0.1, 0.15) is 0 Å². The van der Waals surface area contributed by atoms with Gasteiger partial charge in [0.05, 0.1) is 6.04 Å². The first-order valence-corrected chi connectivity index (χ1v) is 7.50. The Balaban J connectivity index is 2.14. The quantitative estimate of drug-likeness (QED) is 0.769. The first-order chi connectivity index (χ1) is 9.13. The van der Waals surface area contributed by atoms with Crippen LogP contribution in [0.2, 0.25) is 0 Å². The molecule has 2 rings (SSSR count). The lowest BCUT2D eigenvalue weighted by atomic mass is 10.1. The molecule has 0 aliphatic carbocycles. The zero-order valence-electron chi connectivity index (χ0n) is 11.0. The second kappa shape index (κ2) is 6.22. The predicted octanol–water partition coefficient (Wildman–Crippen LogP) is 4.32. The molecule has 1 amide bonds. The summed E-state index contributed by atoms with van der Waals surface area (Å²) in [6.45, 7) is 2.04. The summed E-state index contributed by atoms with van der Waals surface area (Å²) in [4.78, 5) is 15.3. The number of benzene rings is 1. The molecule has 1 aromatic heterocycles. The highest BCUT2D eigenvalue weighted by Crippen LogP contribution is 2.24. The van der Waals surface area contributed by atoms with Crippen molar-refractivity contribution >= 4 is 28.8 Å². The van der Waals surface area contributed by atoms with Gasteiger partial charge in [-0.05, 0) is 36.1 Å². The molecule has 0 aliphatic rings. The van der Waals surface area contributed by atoms with Crippen LogP contribution in [0, 0.1) is 0 Å². The Bertz CT molecular complexity index is 536. The Labute approximate surface area is 122 Å². The number of alkyl halides is 1. The van der Waals surface area contributed by atoms with E-state index in [9.17, 15) is 4.79 Å². The molecule has 2 nitrogen and oxygen atoms in total. The Morgan fingerprint density at radius 3 is 2.53 bits per heavy atom. The summed E-state index contributed by atoms with van der Waals surface area (Å²) in [6, 6.07) is 11.6. The molecule has 0 radical (unpaired) electrons. The van der Waals surface area contributed by atoms with E-state index in [2.05, 4.69) is 6.07 Å². The van der Waals surface area contributed by atoms with Gasteiger partial charge in [0.15, 0.2) is 0 Å². The van der Waals surface area contributed by atoms with Gasteiger partial charge in [-0.1, -0.05) is 18.2 Å². The number of thiophene rings is 1. The van der Waals surface area contributed by atoms with Crippen molar-refractivity contribution in [3.8, 4) is 0 Å². The van der Waals surface area contributed by atoms with Crippen LogP contribution < -0.4 is 0 Å². The number of rotatable bonds is 4. The summed E-state index contributed by atoms with van der Waals surface area (Å²) >= 11 is 7.41. The highest BCUT2D eigenvalue weighted by Gasteiger charge is 2.19. The molecule has 19 heavy (non-hydrogen) atoms. The summed E-state index contributed by atoms with van der Waals surface area (Å²) in [5, 5.41) is 2.03. The SMILES string of the molecule is CC(c1cccs1)N(C)C(=O)c1ccc(CCl)cc1. The molecule has 0 fully saturated rings. The van der Waals surface area contributed by atoms with Crippen LogP contribution in [0.15, 0.2) is 41.8 Å². The molecular formula is C15H16ClNOS. The summed E-state index contributed by atoms with van der Waals surface area (Å²) in [5.41, 5.74) is 1.71. The average Bonchev–Trinajstić information content (AvgIpc) is 2.99. The molecule has 0 spiro atoms. The van der Waals surface area contributed by atoms with E-state index in [1.54, 1.807) is 16.2 Å². The van der Waals surface area contributed by atoms with Crippen molar-refractivity contribution in [2.75, 3.05) is 7.05 Å². The number of hydrogen-bond donors (Lipinski definition) is 0. The topological polar surface area (TPSA) is 20.3 Å². The molecule has 4 heteroatoms. The third kappa shape index (κ3) is 3.17. The fourth-order valence-electron chi connectivity index (χ4n) is 1.84. The maximum Gasteiger partial charge on any atom is 0.254 e. The molecule has 2 aromatic rings. The lowest BCUT2D eigenvalue weighted by molar-refractivity contribution is 0.0745. The van der Waals surface area contributed by atoms with Crippen LogP contribution in [-0.4, -0.2) is 17.9 Å². The zero-order valence-corrected chi connectivity index (χ0v) is 12.5. The van der Waals surface area contributed by atoms with Gasteiger partial charge in [0, 0.05) is 23.4 Å². The van der Waals surface area contributed by atoms with Gasteiger partial charge >= 0.3 is 0 Å². The second-order valence-electron chi connectivity index (χ2n) is 4.44. The maximum atomic E-state index is 12.4. The van der Waals surface area contributed by atoms with Crippen LogP contribution in [-0.2, 0) is 5.88 Å². The van der Waals surface area contributed by atoms with Crippen molar-refractivity contribution in [3.63, 3.8) is 0 Å².